The van der Waals surface area contributed by atoms with Crippen LogP contribution in [-0.4, -0.2) is 37.0 Å². The van der Waals surface area contributed by atoms with Crippen LogP contribution in [0, 0.1) is 12.3 Å². The third kappa shape index (κ3) is 4.62. The van der Waals surface area contributed by atoms with Crippen LogP contribution in [0.1, 0.15) is 18.9 Å². The Morgan fingerprint density at radius 2 is 1.96 bits per heavy atom. The van der Waals surface area contributed by atoms with Gasteiger partial charge < -0.3 is 15.8 Å². The first-order valence-electron chi connectivity index (χ1n) is 9.03. The van der Waals surface area contributed by atoms with Gasteiger partial charge in [0.1, 0.15) is 5.75 Å². The first-order chi connectivity index (χ1) is 12.5. The number of amides is 1. The van der Waals surface area contributed by atoms with Crippen molar-refractivity contribution in [1.29, 1.82) is 0 Å². The number of para-hydroxylation sites is 2. The lowest BCUT2D eigenvalue weighted by Crippen LogP contribution is -2.35. The maximum absolute atomic E-state index is 12.5. The van der Waals surface area contributed by atoms with Gasteiger partial charge in [0, 0.05) is 6.54 Å². The topological polar surface area (TPSA) is 67.6 Å². The monoisotopic (exact) mass is 353 g/mol. The van der Waals surface area contributed by atoms with E-state index in [1.54, 1.807) is 0 Å². The molecule has 5 nitrogen and oxygen atoms in total. The molecule has 0 aliphatic carbocycles. The second kappa shape index (κ2) is 7.89. The Bertz CT molecular complexity index is 760. The smallest absolute Gasteiger partial charge is 0.238 e. The summed E-state index contributed by atoms with van der Waals surface area (Å²) in [5.74, 6) is 1.35. The van der Waals surface area contributed by atoms with E-state index >= 15 is 0 Å². The van der Waals surface area contributed by atoms with Crippen molar-refractivity contribution < 1.29 is 9.53 Å². The van der Waals surface area contributed by atoms with Gasteiger partial charge in [0.2, 0.25) is 5.91 Å². The van der Waals surface area contributed by atoms with Gasteiger partial charge in [-0.3, -0.25) is 9.69 Å². The Hall–Kier alpha value is -2.37. The van der Waals surface area contributed by atoms with Gasteiger partial charge in [-0.2, -0.15) is 0 Å². The number of nitrogens with one attached hydrogen (secondary N) is 1. The Labute approximate surface area is 155 Å². The summed E-state index contributed by atoms with van der Waals surface area (Å²) in [4.78, 5) is 14.6. The number of carbonyl (C=O) groups is 1. The third-order valence-electron chi connectivity index (χ3n) is 4.91. The van der Waals surface area contributed by atoms with Gasteiger partial charge >= 0.3 is 0 Å². The standard InChI is InChI=1S/C21H27N3O2/c1-16-7-9-17(10-8-16)26-19-6-4-3-5-18(19)23-20(25)13-24-12-11-21(2,14-22)15-24/h3-10H,11-15,22H2,1-2H3,(H,23,25). The number of hydrogen-bond acceptors (Lipinski definition) is 4. The fraction of sp³-hybridized carbons (Fsp3) is 0.381. The first-order valence-corrected chi connectivity index (χ1v) is 9.03. The lowest BCUT2D eigenvalue weighted by Gasteiger charge is -2.22. The van der Waals surface area contributed by atoms with E-state index in [2.05, 4.69) is 17.1 Å². The molecule has 0 bridgehead atoms. The fourth-order valence-corrected chi connectivity index (χ4v) is 3.21. The van der Waals surface area contributed by atoms with Gasteiger partial charge in [-0.25, -0.2) is 0 Å². The molecule has 1 fully saturated rings. The van der Waals surface area contributed by atoms with E-state index in [-0.39, 0.29) is 11.3 Å². The normalized spacial score (nSPS) is 20.1. The molecule has 1 atom stereocenters. The largest absolute Gasteiger partial charge is 0.455 e. The van der Waals surface area contributed by atoms with E-state index in [9.17, 15) is 4.79 Å². The summed E-state index contributed by atoms with van der Waals surface area (Å²) in [5.41, 5.74) is 7.82. The molecule has 5 heteroatoms. The average molecular weight is 353 g/mol. The van der Waals surface area contributed by atoms with E-state index < -0.39 is 0 Å². The number of carbonyl (C=O) groups excluding carboxylic acids is 1. The van der Waals surface area contributed by atoms with E-state index in [1.165, 1.54) is 5.56 Å². The second-order valence-corrected chi connectivity index (χ2v) is 7.43. The molecule has 1 saturated heterocycles. The molecule has 1 aliphatic rings. The molecule has 1 amide bonds. The van der Waals surface area contributed by atoms with Crippen molar-refractivity contribution >= 4 is 11.6 Å². The minimum atomic E-state index is -0.0359. The lowest BCUT2D eigenvalue weighted by molar-refractivity contribution is -0.117. The Kier molecular flexibility index (Phi) is 5.59. The highest BCUT2D eigenvalue weighted by Gasteiger charge is 2.33. The average Bonchev–Trinajstić information content (AvgIpc) is 3.00. The van der Waals surface area contributed by atoms with Crippen LogP contribution >= 0.6 is 0 Å². The fourth-order valence-electron chi connectivity index (χ4n) is 3.21. The minimum absolute atomic E-state index is 0.0359. The molecule has 0 saturated carbocycles. The summed E-state index contributed by atoms with van der Waals surface area (Å²) in [6.07, 6.45) is 1.03. The van der Waals surface area contributed by atoms with Crippen molar-refractivity contribution in [3.05, 3.63) is 54.1 Å². The van der Waals surface area contributed by atoms with Crippen molar-refractivity contribution in [3.8, 4) is 11.5 Å². The van der Waals surface area contributed by atoms with Crippen LogP contribution in [-0.2, 0) is 4.79 Å². The zero-order valence-corrected chi connectivity index (χ0v) is 15.5. The van der Waals surface area contributed by atoms with Crippen LogP contribution in [0.5, 0.6) is 11.5 Å². The SMILES string of the molecule is Cc1ccc(Oc2ccccc2NC(=O)CN2CCC(C)(CN)C2)cc1. The maximum Gasteiger partial charge on any atom is 0.238 e. The van der Waals surface area contributed by atoms with Crippen molar-refractivity contribution in [2.24, 2.45) is 11.1 Å². The summed E-state index contributed by atoms with van der Waals surface area (Å²) in [6.45, 7) is 7.00. The lowest BCUT2D eigenvalue weighted by atomic mass is 9.90. The van der Waals surface area contributed by atoms with Crippen molar-refractivity contribution in [3.63, 3.8) is 0 Å². The maximum atomic E-state index is 12.5. The van der Waals surface area contributed by atoms with Crippen LogP contribution in [0.4, 0.5) is 5.69 Å². The quantitative estimate of drug-likeness (QED) is 0.835. The van der Waals surface area contributed by atoms with Gasteiger partial charge in [-0.1, -0.05) is 36.8 Å². The van der Waals surface area contributed by atoms with Gasteiger partial charge in [0.05, 0.1) is 12.2 Å². The highest BCUT2D eigenvalue weighted by atomic mass is 16.5. The predicted octanol–water partition coefficient (Wildman–Crippen LogP) is 3.40. The molecule has 0 spiro atoms. The number of hydrogen-bond donors (Lipinski definition) is 2. The van der Waals surface area contributed by atoms with Crippen molar-refractivity contribution in [1.82, 2.24) is 4.90 Å². The summed E-state index contributed by atoms with van der Waals surface area (Å²) in [5, 5.41) is 2.98. The predicted molar refractivity (Wildman–Crippen MR) is 105 cm³/mol. The summed E-state index contributed by atoms with van der Waals surface area (Å²) in [6, 6.07) is 15.3. The third-order valence-corrected chi connectivity index (χ3v) is 4.91. The van der Waals surface area contributed by atoms with Crippen LogP contribution in [0.3, 0.4) is 0 Å². The molecule has 2 aromatic rings. The van der Waals surface area contributed by atoms with Crippen molar-refractivity contribution in [2.45, 2.75) is 20.3 Å². The Morgan fingerprint density at radius 3 is 2.65 bits per heavy atom. The van der Waals surface area contributed by atoms with Crippen molar-refractivity contribution in [2.75, 3.05) is 31.5 Å². The van der Waals surface area contributed by atoms with Crippen LogP contribution < -0.4 is 15.8 Å². The summed E-state index contributed by atoms with van der Waals surface area (Å²) in [7, 11) is 0. The molecule has 138 valence electrons. The number of likely N-dealkylation sites (tertiary alicyclic amines) is 1. The molecular formula is C21H27N3O2. The number of benzene rings is 2. The van der Waals surface area contributed by atoms with E-state index in [0.29, 0.717) is 24.5 Å². The number of ether oxygens (including phenoxy) is 1. The molecule has 2 aromatic carbocycles. The number of nitrogens with zero attached hydrogens (tertiary/aromatic N) is 1. The highest BCUT2D eigenvalue weighted by molar-refractivity contribution is 5.93. The first kappa shape index (κ1) is 18.4. The molecule has 1 heterocycles. The minimum Gasteiger partial charge on any atom is -0.455 e. The van der Waals surface area contributed by atoms with E-state index in [4.69, 9.17) is 10.5 Å². The van der Waals surface area contributed by atoms with Gasteiger partial charge in [0.25, 0.3) is 0 Å². The zero-order chi connectivity index (χ0) is 18.6. The molecule has 0 radical (unpaired) electrons. The number of rotatable bonds is 6. The number of nitrogens with two attached hydrogens (primary N) is 1. The molecule has 1 aliphatic heterocycles. The van der Waals surface area contributed by atoms with E-state index in [0.717, 1.165) is 25.3 Å². The van der Waals surface area contributed by atoms with Gasteiger partial charge in [-0.15, -0.1) is 0 Å². The van der Waals surface area contributed by atoms with Gasteiger partial charge in [0.15, 0.2) is 5.75 Å². The summed E-state index contributed by atoms with van der Waals surface area (Å²) >= 11 is 0. The van der Waals surface area contributed by atoms with E-state index in [1.807, 2.05) is 55.5 Å². The Balaban J connectivity index is 1.63. The summed E-state index contributed by atoms with van der Waals surface area (Å²) < 4.78 is 5.94. The molecule has 26 heavy (non-hydrogen) atoms. The molecular weight excluding hydrogens is 326 g/mol. The van der Waals surface area contributed by atoms with Gasteiger partial charge in [-0.05, 0) is 56.1 Å². The van der Waals surface area contributed by atoms with Crippen LogP contribution in [0.2, 0.25) is 0 Å². The highest BCUT2D eigenvalue weighted by Crippen LogP contribution is 2.30. The molecule has 3 rings (SSSR count). The molecule has 3 N–H and O–H groups in total. The molecule has 1 unspecified atom stereocenters. The second-order valence-electron chi connectivity index (χ2n) is 7.43. The number of anilines is 1. The Morgan fingerprint density at radius 1 is 1.23 bits per heavy atom. The zero-order valence-electron chi connectivity index (χ0n) is 15.5. The number of aryl methyl sites for hydroxylation is 1. The molecule has 0 aromatic heterocycles. The van der Waals surface area contributed by atoms with Crippen LogP contribution in [0.25, 0.3) is 0 Å². The van der Waals surface area contributed by atoms with Crippen LogP contribution in [0.15, 0.2) is 48.5 Å².